The lowest BCUT2D eigenvalue weighted by Gasteiger charge is -2.42. The second-order valence-corrected chi connectivity index (χ2v) is 5.36. The molecule has 1 aromatic carbocycles. The van der Waals surface area contributed by atoms with Crippen LogP contribution < -0.4 is 10.2 Å². The summed E-state index contributed by atoms with van der Waals surface area (Å²) in [6, 6.07) is 9.45. The van der Waals surface area contributed by atoms with Crippen molar-refractivity contribution in [2.24, 2.45) is 0 Å². The predicted molar refractivity (Wildman–Crippen MR) is 79.4 cm³/mol. The molecule has 0 spiro atoms. The molecule has 102 valence electrons. The first kappa shape index (κ1) is 13.9. The van der Waals surface area contributed by atoms with Crippen LogP contribution >= 0.6 is 0 Å². The van der Waals surface area contributed by atoms with Gasteiger partial charge in [0.05, 0.1) is 11.3 Å². The molecule has 1 fully saturated rings. The Morgan fingerprint density at radius 2 is 2.16 bits per heavy atom. The first-order chi connectivity index (χ1) is 9.19. The van der Waals surface area contributed by atoms with E-state index < -0.39 is 0 Å². The molecule has 1 aliphatic heterocycles. The maximum Gasteiger partial charge on any atom is 0.101 e. The van der Waals surface area contributed by atoms with E-state index in [2.05, 4.69) is 43.1 Å². The minimum absolute atomic E-state index is 0.483. The number of nitrogens with one attached hydrogen (secondary N) is 1. The molecule has 1 heterocycles. The van der Waals surface area contributed by atoms with Crippen LogP contribution in [0.15, 0.2) is 18.2 Å². The molecule has 1 aliphatic rings. The van der Waals surface area contributed by atoms with Crippen LogP contribution in [0.2, 0.25) is 0 Å². The average Bonchev–Trinajstić information content (AvgIpc) is 2.46. The summed E-state index contributed by atoms with van der Waals surface area (Å²) in [6.45, 7) is 8.52. The molecule has 0 bridgehead atoms. The monoisotopic (exact) mass is 257 g/mol. The molecule has 3 nitrogen and oxygen atoms in total. The van der Waals surface area contributed by atoms with E-state index >= 15 is 0 Å². The van der Waals surface area contributed by atoms with Crippen LogP contribution in [-0.4, -0.2) is 25.2 Å². The summed E-state index contributed by atoms with van der Waals surface area (Å²) < 4.78 is 0. The van der Waals surface area contributed by atoms with Gasteiger partial charge in [0.25, 0.3) is 0 Å². The highest BCUT2D eigenvalue weighted by molar-refractivity contribution is 5.61. The van der Waals surface area contributed by atoms with E-state index in [0.717, 1.165) is 37.2 Å². The third-order valence-electron chi connectivity index (χ3n) is 4.05. The van der Waals surface area contributed by atoms with E-state index in [9.17, 15) is 5.26 Å². The summed E-state index contributed by atoms with van der Waals surface area (Å²) >= 11 is 0. The van der Waals surface area contributed by atoms with Crippen molar-refractivity contribution in [3.63, 3.8) is 0 Å². The average molecular weight is 257 g/mol. The molecule has 1 aromatic rings. The van der Waals surface area contributed by atoms with Gasteiger partial charge < -0.3 is 10.2 Å². The number of hydrogen-bond acceptors (Lipinski definition) is 3. The van der Waals surface area contributed by atoms with Gasteiger partial charge in [0, 0.05) is 25.2 Å². The number of nitrogens with zero attached hydrogens (tertiary/aromatic N) is 2. The van der Waals surface area contributed by atoms with Crippen LogP contribution in [0, 0.1) is 18.3 Å². The molecule has 2 unspecified atom stereocenters. The van der Waals surface area contributed by atoms with Crippen molar-refractivity contribution in [3.05, 3.63) is 29.3 Å². The van der Waals surface area contributed by atoms with Gasteiger partial charge >= 0.3 is 0 Å². The summed E-state index contributed by atoms with van der Waals surface area (Å²) in [6.07, 6.45) is 2.23. The number of aryl methyl sites for hydroxylation is 1. The molecule has 2 rings (SSSR count). The first-order valence-corrected chi connectivity index (χ1v) is 7.20. The standard InChI is InChI=1S/C16H23N3/c1-4-14-11-19(15(5-2)10-18-14)16-8-12(3)6-7-13(16)9-17/h6-8,14-15,18H,4-5,10-11H2,1-3H3. The van der Waals surface area contributed by atoms with E-state index in [4.69, 9.17) is 0 Å². The molecule has 3 heteroatoms. The zero-order valence-corrected chi connectivity index (χ0v) is 12.1. The van der Waals surface area contributed by atoms with Crippen molar-refractivity contribution in [3.8, 4) is 6.07 Å². The number of anilines is 1. The second-order valence-electron chi connectivity index (χ2n) is 5.36. The van der Waals surface area contributed by atoms with E-state index in [-0.39, 0.29) is 0 Å². The van der Waals surface area contributed by atoms with Gasteiger partial charge in [0.2, 0.25) is 0 Å². The molecule has 1 saturated heterocycles. The largest absolute Gasteiger partial charge is 0.365 e. The Hall–Kier alpha value is -1.53. The summed E-state index contributed by atoms with van der Waals surface area (Å²) in [5, 5.41) is 12.9. The van der Waals surface area contributed by atoms with E-state index in [1.54, 1.807) is 0 Å². The molecule has 1 N–H and O–H groups in total. The van der Waals surface area contributed by atoms with E-state index in [1.165, 1.54) is 5.56 Å². The van der Waals surface area contributed by atoms with Gasteiger partial charge in [-0.15, -0.1) is 0 Å². The third-order valence-corrected chi connectivity index (χ3v) is 4.05. The number of hydrogen-bond donors (Lipinski definition) is 1. The topological polar surface area (TPSA) is 39.1 Å². The van der Waals surface area contributed by atoms with Crippen LogP contribution in [0.3, 0.4) is 0 Å². The van der Waals surface area contributed by atoms with Gasteiger partial charge in [-0.05, 0) is 37.5 Å². The summed E-state index contributed by atoms with van der Waals surface area (Å²) in [5.74, 6) is 0. The van der Waals surface area contributed by atoms with Crippen LogP contribution in [0.5, 0.6) is 0 Å². The number of rotatable bonds is 3. The van der Waals surface area contributed by atoms with E-state index in [1.807, 2.05) is 12.1 Å². The highest BCUT2D eigenvalue weighted by Gasteiger charge is 2.27. The lowest BCUT2D eigenvalue weighted by atomic mass is 10.0. The first-order valence-electron chi connectivity index (χ1n) is 7.20. The Morgan fingerprint density at radius 3 is 2.79 bits per heavy atom. The lowest BCUT2D eigenvalue weighted by Crippen LogP contribution is -2.56. The Labute approximate surface area is 116 Å². The third kappa shape index (κ3) is 2.90. The maximum atomic E-state index is 9.33. The van der Waals surface area contributed by atoms with Crippen LogP contribution in [0.1, 0.15) is 37.8 Å². The van der Waals surface area contributed by atoms with E-state index in [0.29, 0.717) is 12.1 Å². The van der Waals surface area contributed by atoms with Gasteiger partial charge in [-0.25, -0.2) is 0 Å². The Bertz CT molecular complexity index is 475. The van der Waals surface area contributed by atoms with Crippen LogP contribution in [-0.2, 0) is 0 Å². The molecule has 0 aromatic heterocycles. The SMILES string of the molecule is CCC1CN(c2cc(C)ccc2C#N)C(CC)CN1. The molecular formula is C16H23N3. The smallest absolute Gasteiger partial charge is 0.101 e. The molecule has 0 amide bonds. The molecule has 0 radical (unpaired) electrons. The normalized spacial score (nSPS) is 23.2. The maximum absolute atomic E-state index is 9.33. The molecule has 2 atom stereocenters. The highest BCUT2D eigenvalue weighted by atomic mass is 15.2. The molecule has 0 saturated carbocycles. The zero-order valence-electron chi connectivity index (χ0n) is 12.1. The van der Waals surface area contributed by atoms with Crippen LogP contribution in [0.25, 0.3) is 0 Å². The van der Waals surface area contributed by atoms with Gasteiger partial charge in [-0.1, -0.05) is 19.9 Å². The van der Waals surface area contributed by atoms with Gasteiger partial charge in [0.1, 0.15) is 6.07 Å². The Kier molecular flexibility index (Phi) is 4.44. The number of nitriles is 1. The van der Waals surface area contributed by atoms with Crippen LogP contribution in [0.4, 0.5) is 5.69 Å². The summed E-state index contributed by atoms with van der Waals surface area (Å²) in [7, 11) is 0. The Balaban J connectivity index is 2.36. The molecular weight excluding hydrogens is 234 g/mol. The van der Waals surface area contributed by atoms with Crippen molar-refractivity contribution in [2.75, 3.05) is 18.0 Å². The van der Waals surface area contributed by atoms with Crippen molar-refractivity contribution < 1.29 is 0 Å². The summed E-state index contributed by atoms with van der Waals surface area (Å²) in [4.78, 5) is 2.43. The molecule has 19 heavy (non-hydrogen) atoms. The van der Waals surface area contributed by atoms with Crippen molar-refractivity contribution in [1.82, 2.24) is 5.32 Å². The van der Waals surface area contributed by atoms with Gasteiger partial charge in [-0.2, -0.15) is 5.26 Å². The summed E-state index contributed by atoms with van der Waals surface area (Å²) in [5.41, 5.74) is 3.12. The quantitative estimate of drug-likeness (QED) is 0.905. The van der Waals surface area contributed by atoms with Gasteiger partial charge in [-0.3, -0.25) is 0 Å². The predicted octanol–water partition coefficient (Wildman–Crippen LogP) is 2.83. The van der Waals surface area contributed by atoms with Crippen molar-refractivity contribution in [2.45, 2.75) is 45.7 Å². The number of piperazine rings is 1. The fourth-order valence-corrected chi connectivity index (χ4v) is 2.77. The molecule has 0 aliphatic carbocycles. The van der Waals surface area contributed by atoms with Gasteiger partial charge in [0.15, 0.2) is 0 Å². The lowest BCUT2D eigenvalue weighted by molar-refractivity contribution is 0.378. The Morgan fingerprint density at radius 1 is 1.37 bits per heavy atom. The van der Waals surface area contributed by atoms with Crippen molar-refractivity contribution in [1.29, 1.82) is 5.26 Å². The fourth-order valence-electron chi connectivity index (χ4n) is 2.77. The number of benzene rings is 1. The second kappa shape index (κ2) is 6.08. The minimum Gasteiger partial charge on any atom is -0.365 e. The van der Waals surface area contributed by atoms with Crippen molar-refractivity contribution >= 4 is 5.69 Å². The fraction of sp³-hybridized carbons (Fsp3) is 0.562. The zero-order chi connectivity index (χ0) is 13.8. The minimum atomic E-state index is 0.483. The highest BCUT2D eigenvalue weighted by Crippen LogP contribution is 2.27.